The Labute approximate surface area is 141 Å². The third kappa shape index (κ3) is 4.18. The minimum absolute atomic E-state index is 0.299. The number of hydrogen-bond donors (Lipinski definition) is 2. The topological polar surface area (TPSA) is 38.7 Å². The zero-order chi connectivity index (χ0) is 16.8. The van der Waals surface area contributed by atoms with Crippen LogP contribution in [0, 0.1) is 5.92 Å². The van der Waals surface area contributed by atoms with Crippen LogP contribution in [-0.2, 0) is 0 Å². The van der Waals surface area contributed by atoms with E-state index in [1.807, 2.05) is 6.07 Å². The first-order valence-corrected chi connectivity index (χ1v) is 9.14. The van der Waals surface area contributed by atoms with Gasteiger partial charge in [-0.15, -0.1) is 0 Å². The number of nitrogens with one attached hydrogen (secondary N) is 1. The van der Waals surface area contributed by atoms with E-state index in [-0.39, 0.29) is 0 Å². The first-order chi connectivity index (χ1) is 11.1. The predicted octanol–water partition coefficient (Wildman–Crippen LogP) is 3.23. The van der Waals surface area contributed by atoms with E-state index in [4.69, 9.17) is 0 Å². The van der Waals surface area contributed by atoms with Gasteiger partial charge in [0.2, 0.25) is 0 Å². The zero-order valence-electron chi connectivity index (χ0n) is 15.2. The Hall–Kier alpha value is -1.26. The Morgan fingerprint density at radius 3 is 2.35 bits per heavy atom. The summed E-state index contributed by atoms with van der Waals surface area (Å²) in [4.78, 5) is 4.80. The van der Waals surface area contributed by atoms with Crippen molar-refractivity contribution in [2.24, 2.45) is 5.92 Å². The van der Waals surface area contributed by atoms with E-state index in [0.29, 0.717) is 17.7 Å². The van der Waals surface area contributed by atoms with Gasteiger partial charge in [0.1, 0.15) is 5.75 Å². The summed E-state index contributed by atoms with van der Waals surface area (Å²) in [5, 5.41) is 14.1. The Kier molecular flexibility index (Phi) is 6.72. The third-order valence-corrected chi connectivity index (χ3v) is 5.19. The van der Waals surface area contributed by atoms with Gasteiger partial charge in [-0.05, 0) is 25.8 Å². The molecule has 1 unspecified atom stereocenters. The number of nitrogens with zero attached hydrogens (tertiary/aromatic N) is 2. The van der Waals surface area contributed by atoms with Crippen molar-refractivity contribution in [3.05, 3.63) is 23.8 Å². The molecular weight excluding hydrogens is 286 g/mol. The lowest BCUT2D eigenvalue weighted by Gasteiger charge is -2.39. The van der Waals surface area contributed by atoms with Crippen LogP contribution in [0.15, 0.2) is 18.2 Å². The quantitative estimate of drug-likeness (QED) is 0.809. The first kappa shape index (κ1) is 18.1. The van der Waals surface area contributed by atoms with Gasteiger partial charge in [-0.1, -0.05) is 26.3 Å². The van der Waals surface area contributed by atoms with Crippen LogP contribution >= 0.6 is 0 Å². The molecule has 0 amide bonds. The van der Waals surface area contributed by atoms with Crippen LogP contribution in [0.4, 0.5) is 5.69 Å². The van der Waals surface area contributed by atoms with Crippen molar-refractivity contribution in [1.82, 2.24) is 10.2 Å². The molecule has 2 N–H and O–H groups in total. The van der Waals surface area contributed by atoms with Crippen LogP contribution in [0.25, 0.3) is 0 Å². The van der Waals surface area contributed by atoms with Gasteiger partial charge in [0.05, 0.1) is 0 Å². The standard InChI is InChI=1S/C19H33N3O/c1-5-15(4)19(22-12-10-20-11-13-22)17-9-8-16(14-18(17)23)21(6-2)7-3/h8-9,14-15,19-20,23H,5-7,10-13H2,1-4H3/t15?,19-/m0/s1. The minimum Gasteiger partial charge on any atom is -0.508 e. The molecule has 23 heavy (non-hydrogen) atoms. The van der Waals surface area contributed by atoms with E-state index in [1.54, 1.807) is 0 Å². The second-order valence-electron chi connectivity index (χ2n) is 6.53. The Balaban J connectivity index is 2.30. The van der Waals surface area contributed by atoms with E-state index in [1.165, 1.54) is 0 Å². The Morgan fingerprint density at radius 1 is 1.17 bits per heavy atom. The van der Waals surface area contributed by atoms with Crippen LogP contribution in [0.2, 0.25) is 0 Å². The molecule has 2 atom stereocenters. The molecule has 1 fully saturated rings. The van der Waals surface area contributed by atoms with E-state index in [2.05, 4.69) is 54.9 Å². The summed E-state index contributed by atoms with van der Waals surface area (Å²) in [6, 6.07) is 6.55. The van der Waals surface area contributed by atoms with Crippen LogP contribution < -0.4 is 10.2 Å². The fourth-order valence-electron chi connectivity index (χ4n) is 3.61. The van der Waals surface area contributed by atoms with Gasteiger partial charge < -0.3 is 15.3 Å². The van der Waals surface area contributed by atoms with E-state index >= 15 is 0 Å². The van der Waals surface area contributed by atoms with Crippen molar-refractivity contribution in [3.63, 3.8) is 0 Å². The van der Waals surface area contributed by atoms with E-state index < -0.39 is 0 Å². The normalized spacial score (nSPS) is 18.6. The van der Waals surface area contributed by atoms with Gasteiger partial charge in [-0.2, -0.15) is 0 Å². The molecule has 0 saturated carbocycles. The van der Waals surface area contributed by atoms with Crippen molar-refractivity contribution >= 4 is 5.69 Å². The monoisotopic (exact) mass is 319 g/mol. The first-order valence-electron chi connectivity index (χ1n) is 9.14. The summed E-state index contributed by atoms with van der Waals surface area (Å²) >= 11 is 0. The minimum atomic E-state index is 0.299. The maximum Gasteiger partial charge on any atom is 0.122 e. The van der Waals surface area contributed by atoms with Crippen molar-refractivity contribution < 1.29 is 5.11 Å². The number of anilines is 1. The molecule has 0 radical (unpaired) electrons. The van der Waals surface area contributed by atoms with Crippen molar-refractivity contribution in [3.8, 4) is 5.75 Å². The number of piperazine rings is 1. The molecule has 1 aromatic carbocycles. The lowest BCUT2D eigenvalue weighted by atomic mass is 9.89. The summed E-state index contributed by atoms with van der Waals surface area (Å²) in [6.45, 7) is 14.9. The van der Waals surface area contributed by atoms with Crippen LogP contribution in [-0.4, -0.2) is 49.3 Å². The predicted molar refractivity (Wildman–Crippen MR) is 98.3 cm³/mol. The maximum atomic E-state index is 10.7. The van der Waals surface area contributed by atoms with Crippen molar-refractivity contribution in [2.45, 2.75) is 40.2 Å². The second-order valence-corrected chi connectivity index (χ2v) is 6.53. The number of benzene rings is 1. The molecule has 1 saturated heterocycles. The highest BCUT2D eigenvalue weighted by atomic mass is 16.3. The summed E-state index contributed by atoms with van der Waals surface area (Å²) in [7, 11) is 0. The summed E-state index contributed by atoms with van der Waals surface area (Å²) in [5.41, 5.74) is 2.19. The van der Waals surface area contributed by atoms with Gasteiger partial charge >= 0.3 is 0 Å². The molecule has 1 heterocycles. The summed E-state index contributed by atoms with van der Waals surface area (Å²) in [6.07, 6.45) is 1.12. The molecule has 1 aliphatic rings. The third-order valence-electron chi connectivity index (χ3n) is 5.19. The van der Waals surface area contributed by atoms with E-state index in [0.717, 1.165) is 56.9 Å². The fraction of sp³-hybridized carbons (Fsp3) is 0.684. The molecule has 0 aliphatic carbocycles. The zero-order valence-corrected chi connectivity index (χ0v) is 15.2. The number of phenolic OH excluding ortho intramolecular Hbond substituents is 1. The smallest absolute Gasteiger partial charge is 0.122 e. The molecule has 1 aromatic rings. The van der Waals surface area contributed by atoms with Crippen LogP contribution in [0.3, 0.4) is 0 Å². The summed E-state index contributed by atoms with van der Waals surface area (Å²) in [5.74, 6) is 0.969. The fourth-order valence-corrected chi connectivity index (χ4v) is 3.61. The lowest BCUT2D eigenvalue weighted by Crippen LogP contribution is -2.46. The average molecular weight is 319 g/mol. The molecule has 0 bridgehead atoms. The van der Waals surface area contributed by atoms with Gasteiger partial charge in [0, 0.05) is 62.6 Å². The Morgan fingerprint density at radius 2 is 1.83 bits per heavy atom. The highest BCUT2D eigenvalue weighted by Crippen LogP contribution is 2.37. The lowest BCUT2D eigenvalue weighted by molar-refractivity contribution is 0.126. The summed E-state index contributed by atoms with van der Waals surface area (Å²) < 4.78 is 0. The van der Waals surface area contributed by atoms with E-state index in [9.17, 15) is 5.11 Å². The van der Waals surface area contributed by atoms with Crippen molar-refractivity contribution in [2.75, 3.05) is 44.2 Å². The molecule has 130 valence electrons. The molecule has 2 rings (SSSR count). The number of hydrogen-bond acceptors (Lipinski definition) is 4. The van der Waals surface area contributed by atoms with Gasteiger partial charge in [-0.25, -0.2) is 0 Å². The molecule has 4 heteroatoms. The van der Waals surface area contributed by atoms with Gasteiger partial charge in [0.25, 0.3) is 0 Å². The Bertz CT molecular complexity index is 482. The molecule has 0 aromatic heterocycles. The largest absolute Gasteiger partial charge is 0.508 e. The molecular formula is C19H33N3O. The highest BCUT2D eigenvalue weighted by Gasteiger charge is 2.28. The maximum absolute atomic E-state index is 10.7. The molecule has 1 aliphatic heterocycles. The van der Waals surface area contributed by atoms with Gasteiger partial charge in [0.15, 0.2) is 0 Å². The van der Waals surface area contributed by atoms with Crippen LogP contribution in [0.1, 0.15) is 45.7 Å². The molecule has 4 nitrogen and oxygen atoms in total. The number of aromatic hydroxyl groups is 1. The SMILES string of the molecule is CCC(C)[C@@H](c1ccc(N(CC)CC)cc1O)N1CCNCC1. The highest BCUT2D eigenvalue weighted by molar-refractivity contribution is 5.54. The van der Waals surface area contributed by atoms with Gasteiger partial charge in [-0.3, -0.25) is 4.90 Å². The van der Waals surface area contributed by atoms with Crippen molar-refractivity contribution in [1.29, 1.82) is 0 Å². The van der Waals surface area contributed by atoms with Crippen LogP contribution in [0.5, 0.6) is 5.75 Å². The number of rotatable bonds is 7. The molecule has 0 spiro atoms. The second kappa shape index (κ2) is 8.55. The number of phenols is 1. The average Bonchev–Trinajstić information content (AvgIpc) is 2.58.